The molecule has 7 nitrogen and oxygen atoms in total. The van der Waals surface area contributed by atoms with Crippen molar-refractivity contribution in [3.63, 3.8) is 0 Å². The molecule has 0 aliphatic carbocycles. The maximum Gasteiger partial charge on any atom is 0.250 e. The van der Waals surface area contributed by atoms with E-state index in [4.69, 9.17) is 0 Å². The first-order chi connectivity index (χ1) is 12.2. The fourth-order valence-electron chi connectivity index (χ4n) is 3.02. The van der Waals surface area contributed by atoms with Crippen LogP contribution < -0.4 is 10.2 Å². The molecular weight excluding hydrogens is 359 g/mol. The van der Waals surface area contributed by atoms with Crippen molar-refractivity contribution in [2.45, 2.75) is 24.6 Å². The zero-order valence-electron chi connectivity index (χ0n) is 14.6. The Balaban J connectivity index is 1.74. The predicted octanol–water partition coefficient (Wildman–Crippen LogP) is 1.71. The SMILES string of the molecule is Cn1ccc(N2CCC[C@@H](Nc3ccc(CS(C)(=O)=O)c(F)c3)C2=O)n1. The lowest BCUT2D eigenvalue weighted by molar-refractivity contribution is -0.120. The van der Waals surface area contributed by atoms with Gasteiger partial charge in [-0.05, 0) is 25.0 Å². The van der Waals surface area contributed by atoms with Crippen molar-refractivity contribution in [1.29, 1.82) is 0 Å². The third-order valence-electron chi connectivity index (χ3n) is 4.23. The van der Waals surface area contributed by atoms with Gasteiger partial charge in [-0.2, -0.15) is 5.10 Å². The Bertz CT molecular complexity index is 926. The number of sulfone groups is 1. The zero-order chi connectivity index (χ0) is 18.9. The van der Waals surface area contributed by atoms with E-state index in [0.29, 0.717) is 24.5 Å². The van der Waals surface area contributed by atoms with Crippen molar-refractivity contribution in [1.82, 2.24) is 9.78 Å². The summed E-state index contributed by atoms with van der Waals surface area (Å²) in [7, 11) is -1.53. The predicted molar refractivity (Wildman–Crippen MR) is 97.2 cm³/mol. The quantitative estimate of drug-likeness (QED) is 0.854. The Morgan fingerprint density at radius 3 is 2.73 bits per heavy atom. The fourth-order valence-corrected chi connectivity index (χ4v) is 3.82. The van der Waals surface area contributed by atoms with Gasteiger partial charge in [0.05, 0.1) is 5.75 Å². The molecule has 1 amide bonds. The normalized spacial score (nSPS) is 18.2. The first-order valence-corrected chi connectivity index (χ1v) is 10.3. The van der Waals surface area contributed by atoms with Crippen LogP contribution in [0.25, 0.3) is 0 Å². The lowest BCUT2D eigenvalue weighted by atomic mass is 10.0. The number of aryl methyl sites for hydroxylation is 1. The molecule has 9 heteroatoms. The highest BCUT2D eigenvalue weighted by atomic mass is 32.2. The van der Waals surface area contributed by atoms with Crippen LogP contribution >= 0.6 is 0 Å². The molecule has 3 rings (SSSR count). The van der Waals surface area contributed by atoms with Crippen LogP contribution in [0.3, 0.4) is 0 Å². The van der Waals surface area contributed by atoms with Gasteiger partial charge in [-0.1, -0.05) is 6.07 Å². The maximum atomic E-state index is 14.2. The minimum Gasteiger partial charge on any atom is -0.374 e. The highest BCUT2D eigenvalue weighted by Gasteiger charge is 2.30. The van der Waals surface area contributed by atoms with Crippen LogP contribution in [-0.4, -0.2) is 42.9 Å². The first-order valence-electron chi connectivity index (χ1n) is 8.27. The third kappa shape index (κ3) is 4.21. The summed E-state index contributed by atoms with van der Waals surface area (Å²) in [5, 5.41) is 7.32. The molecule has 1 aliphatic rings. The topological polar surface area (TPSA) is 84.3 Å². The van der Waals surface area contributed by atoms with Crippen molar-refractivity contribution < 1.29 is 17.6 Å². The molecule has 1 fully saturated rings. The van der Waals surface area contributed by atoms with E-state index < -0.39 is 21.7 Å². The third-order valence-corrected chi connectivity index (χ3v) is 5.06. The summed E-state index contributed by atoms with van der Waals surface area (Å²) in [5.41, 5.74) is 0.559. The molecule has 0 unspecified atom stereocenters. The second-order valence-corrected chi connectivity index (χ2v) is 8.69. The summed E-state index contributed by atoms with van der Waals surface area (Å²) in [5.74, 6) is -0.478. The standard InChI is InChI=1S/C17H21FN4O3S/c1-21-9-7-16(20-21)22-8-3-4-15(17(22)23)19-13-6-5-12(14(18)10-13)11-26(2,24)25/h5-7,9-10,15,19H,3-4,8,11H2,1-2H3/t15-/m1/s1. The van der Waals surface area contributed by atoms with Crippen LogP contribution in [0.2, 0.25) is 0 Å². The van der Waals surface area contributed by atoms with Crippen LogP contribution in [0.4, 0.5) is 15.9 Å². The zero-order valence-corrected chi connectivity index (χ0v) is 15.5. The summed E-state index contributed by atoms with van der Waals surface area (Å²) in [4.78, 5) is 14.3. The van der Waals surface area contributed by atoms with Gasteiger partial charge < -0.3 is 5.32 Å². The van der Waals surface area contributed by atoms with Crippen molar-refractivity contribution in [2.75, 3.05) is 23.0 Å². The highest BCUT2D eigenvalue weighted by Crippen LogP contribution is 2.23. The highest BCUT2D eigenvalue weighted by molar-refractivity contribution is 7.89. The van der Waals surface area contributed by atoms with E-state index in [1.165, 1.54) is 12.1 Å². The van der Waals surface area contributed by atoms with E-state index >= 15 is 0 Å². The number of carbonyl (C=O) groups excluding carboxylic acids is 1. The van der Waals surface area contributed by atoms with Crippen LogP contribution in [0.1, 0.15) is 18.4 Å². The van der Waals surface area contributed by atoms with Crippen LogP contribution in [-0.2, 0) is 27.4 Å². The van der Waals surface area contributed by atoms with Gasteiger partial charge in [-0.25, -0.2) is 12.8 Å². The number of anilines is 2. The van der Waals surface area contributed by atoms with Crippen molar-refractivity contribution in [2.24, 2.45) is 7.05 Å². The lowest BCUT2D eigenvalue weighted by Crippen LogP contribution is -2.48. The number of piperidine rings is 1. The van der Waals surface area contributed by atoms with E-state index in [2.05, 4.69) is 10.4 Å². The average molecular weight is 380 g/mol. The Morgan fingerprint density at radius 1 is 1.35 bits per heavy atom. The van der Waals surface area contributed by atoms with Crippen LogP contribution in [0.15, 0.2) is 30.5 Å². The molecule has 1 atom stereocenters. The van der Waals surface area contributed by atoms with Gasteiger partial charge in [0.15, 0.2) is 15.7 Å². The molecule has 26 heavy (non-hydrogen) atoms. The van der Waals surface area contributed by atoms with Crippen LogP contribution in [0, 0.1) is 5.82 Å². The second-order valence-electron chi connectivity index (χ2n) is 6.55. The smallest absolute Gasteiger partial charge is 0.250 e. The minimum absolute atomic E-state index is 0.114. The number of carbonyl (C=O) groups is 1. The molecule has 1 N–H and O–H groups in total. The Kier molecular flexibility index (Phi) is 4.99. The van der Waals surface area contributed by atoms with Gasteiger partial charge in [-0.3, -0.25) is 14.4 Å². The van der Waals surface area contributed by atoms with E-state index in [9.17, 15) is 17.6 Å². The molecule has 1 aliphatic heterocycles. The Morgan fingerprint density at radius 2 is 2.12 bits per heavy atom. The van der Waals surface area contributed by atoms with E-state index in [1.54, 1.807) is 35.0 Å². The molecule has 0 radical (unpaired) electrons. The Labute approximate surface area is 151 Å². The Hall–Kier alpha value is -2.42. The van der Waals surface area contributed by atoms with Gasteiger partial charge in [0.2, 0.25) is 0 Å². The average Bonchev–Trinajstić information content (AvgIpc) is 2.97. The maximum absolute atomic E-state index is 14.2. The van der Waals surface area contributed by atoms with Gasteiger partial charge >= 0.3 is 0 Å². The summed E-state index contributed by atoms with van der Waals surface area (Å²) in [6.45, 7) is 0.593. The number of hydrogen-bond donors (Lipinski definition) is 1. The molecule has 0 saturated carbocycles. The molecule has 0 spiro atoms. The van der Waals surface area contributed by atoms with Gasteiger partial charge in [0.25, 0.3) is 5.91 Å². The number of hydrogen-bond acceptors (Lipinski definition) is 5. The van der Waals surface area contributed by atoms with Gasteiger partial charge in [0.1, 0.15) is 11.9 Å². The number of aromatic nitrogens is 2. The van der Waals surface area contributed by atoms with E-state index in [1.807, 2.05) is 0 Å². The number of amides is 1. The molecule has 1 aromatic heterocycles. The van der Waals surface area contributed by atoms with Gasteiger partial charge in [0, 0.05) is 43.4 Å². The number of halogens is 1. The largest absolute Gasteiger partial charge is 0.374 e. The molecule has 2 heterocycles. The van der Waals surface area contributed by atoms with Crippen LogP contribution in [0.5, 0.6) is 0 Å². The molecule has 140 valence electrons. The molecule has 1 saturated heterocycles. The number of nitrogens with one attached hydrogen (secondary N) is 1. The second kappa shape index (κ2) is 7.06. The molecule has 2 aromatic rings. The number of nitrogens with zero attached hydrogens (tertiary/aromatic N) is 3. The summed E-state index contributed by atoms with van der Waals surface area (Å²) in [6, 6.07) is 5.55. The van der Waals surface area contributed by atoms with Crippen molar-refractivity contribution in [3.05, 3.63) is 41.8 Å². The number of benzene rings is 1. The molecular formula is C17H21FN4O3S. The van der Waals surface area contributed by atoms with E-state index in [-0.39, 0.29) is 17.2 Å². The molecule has 1 aromatic carbocycles. The molecule has 0 bridgehead atoms. The summed E-state index contributed by atoms with van der Waals surface area (Å²) < 4.78 is 38.5. The van der Waals surface area contributed by atoms with E-state index in [0.717, 1.165) is 12.7 Å². The summed E-state index contributed by atoms with van der Waals surface area (Å²) >= 11 is 0. The minimum atomic E-state index is -3.31. The lowest BCUT2D eigenvalue weighted by Gasteiger charge is -2.31. The van der Waals surface area contributed by atoms with Crippen molar-refractivity contribution >= 4 is 27.2 Å². The van der Waals surface area contributed by atoms with Gasteiger partial charge in [-0.15, -0.1) is 0 Å². The monoisotopic (exact) mass is 380 g/mol. The first kappa shape index (κ1) is 18.4. The number of rotatable bonds is 5. The summed E-state index contributed by atoms with van der Waals surface area (Å²) in [6.07, 6.45) is 4.27. The van der Waals surface area contributed by atoms with Crippen molar-refractivity contribution in [3.8, 4) is 0 Å². The fraction of sp³-hybridized carbons (Fsp3) is 0.412.